The number of carbonyl (C=O) groups excluding carboxylic acids is 1. The highest BCUT2D eigenvalue weighted by Gasteiger charge is 2.29. The molecule has 0 aliphatic carbocycles. The van der Waals surface area contributed by atoms with E-state index in [1.165, 1.54) is 18.2 Å². The van der Waals surface area contributed by atoms with E-state index in [1.54, 1.807) is 14.2 Å². The van der Waals surface area contributed by atoms with Gasteiger partial charge in [0.05, 0.1) is 29.7 Å². The molecule has 3 rings (SSSR count). The van der Waals surface area contributed by atoms with E-state index in [0.717, 1.165) is 43.9 Å². The van der Waals surface area contributed by atoms with Crippen molar-refractivity contribution in [2.24, 2.45) is 0 Å². The molecule has 0 radical (unpaired) electrons. The number of rotatable bonds is 7. The molecule has 0 spiro atoms. The number of carbonyl (C=O) groups is 1. The van der Waals surface area contributed by atoms with Gasteiger partial charge in [0.1, 0.15) is 0 Å². The van der Waals surface area contributed by atoms with Gasteiger partial charge in [0.15, 0.2) is 21.3 Å². The first-order chi connectivity index (χ1) is 14.7. The minimum atomic E-state index is -3.43. The van der Waals surface area contributed by atoms with Gasteiger partial charge in [0, 0.05) is 18.8 Å². The predicted octanol–water partition coefficient (Wildman–Crippen LogP) is 4.39. The maximum absolute atomic E-state index is 13.3. The molecule has 6 nitrogen and oxygen atoms in total. The summed E-state index contributed by atoms with van der Waals surface area (Å²) < 4.78 is 34.5. The zero-order valence-corrected chi connectivity index (χ0v) is 19.6. The van der Waals surface area contributed by atoms with Gasteiger partial charge in [-0.3, -0.25) is 4.79 Å². The van der Waals surface area contributed by atoms with Crippen molar-refractivity contribution in [2.75, 3.05) is 27.0 Å². The van der Waals surface area contributed by atoms with Gasteiger partial charge in [0.2, 0.25) is 0 Å². The molecule has 1 amide bonds. The van der Waals surface area contributed by atoms with Crippen LogP contribution in [0.4, 0.5) is 0 Å². The van der Waals surface area contributed by atoms with E-state index in [4.69, 9.17) is 21.1 Å². The summed E-state index contributed by atoms with van der Waals surface area (Å²) in [6.45, 7) is 0.634. The van der Waals surface area contributed by atoms with Crippen LogP contribution >= 0.6 is 11.6 Å². The second kappa shape index (κ2) is 9.92. The summed E-state index contributed by atoms with van der Waals surface area (Å²) in [6.07, 6.45) is 5.58. The Hall–Kier alpha value is -2.25. The van der Waals surface area contributed by atoms with Crippen LogP contribution in [0.1, 0.15) is 41.6 Å². The zero-order chi connectivity index (χ0) is 22.6. The molecular formula is C23H28ClNO5S. The molecule has 1 aliphatic heterocycles. The lowest BCUT2D eigenvalue weighted by Gasteiger charge is -2.36. The number of hydrogen-bond acceptors (Lipinski definition) is 5. The van der Waals surface area contributed by atoms with Crippen molar-refractivity contribution in [3.63, 3.8) is 0 Å². The van der Waals surface area contributed by atoms with Crippen LogP contribution in [0.25, 0.3) is 0 Å². The molecule has 1 unspecified atom stereocenters. The molecule has 168 valence electrons. The third-order valence-corrected chi connectivity index (χ3v) is 7.14. The number of benzene rings is 2. The Morgan fingerprint density at radius 1 is 1.10 bits per heavy atom. The normalized spacial score (nSPS) is 16.8. The van der Waals surface area contributed by atoms with Gasteiger partial charge >= 0.3 is 0 Å². The molecule has 1 atom stereocenters. The molecule has 0 N–H and O–H groups in total. The zero-order valence-electron chi connectivity index (χ0n) is 18.1. The Bertz CT molecular complexity index is 1050. The minimum absolute atomic E-state index is 0.0623. The van der Waals surface area contributed by atoms with Crippen molar-refractivity contribution in [3.05, 3.63) is 52.5 Å². The summed E-state index contributed by atoms with van der Waals surface area (Å²) in [4.78, 5) is 15.3. The fraction of sp³-hybridized carbons (Fsp3) is 0.435. The summed E-state index contributed by atoms with van der Waals surface area (Å²) in [5, 5.41) is 0.265. The second-order valence-electron chi connectivity index (χ2n) is 7.79. The van der Waals surface area contributed by atoms with Crippen molar-refractivity contribution >= 4 is 27.3 Å². The second-order valence-corrected chi connectivity index (χ2v) is 10.2. The predicted molar refractivity (Wildman–Crippen MR) is 121 cm³/mol. The summed E-state index contributed by atoms with van der Waals surface area (Å²) in [5.41, 5.74) is 1.34. The van der Waals surface area contributed by atoms with E-state index in [1.807, 2.05) is 23.1 Å². The number of methoxy groups -OCH3 is 2. The number of likely N-dealkylation sites (tertiary alicyclic amines) is 1. The van der Waals surface area contributed by atoms with Crippen molar-refractivity contribution in [3.8, 4) is 11.5 Å². The minimum Gasteiger partial charge on any atom is -0.493 e. The first kappa shape index (κ1) is 23.4. The van der Waals surface area contributed by atoms with Crippen LogP contribution in [-0.4, -0.2) is 52.3 Å². The molecule has 1 heterocycles. The standard InChI is InChI=1S/C23H28ClNO5S/c1-29-21-12-8-16(14-22(21)30-2)7-9-17-6-4-5-13-25(17)23(26)19-15-18(31(3,27)28)10-11-20(19)24/h8,10-12,14-15,17H,4-7,9,13H2,1-3H3. The number of halogens is 1. The maximum atomic E-state index is 13.3. The highest BCUT2D eigenvalue weighted by molar-refractivity contribution is 7.90. The summed E-state index contributed by atoms with van der Waals surface area (Å²) in [5.74, 6) is 1.15. The van der Waals surface area contributed by atoms with Crippen LogP contribution in [0, 0.1) is 0 Å². The highest BCUT2D eigenvalue weighted by Crippen LogP contribution is 2.30. The van der Waals surface area contributed by atoms with Crippen LogP contribution in [-0.2, 0) is 16.3 Å². The van der Waals surface area contributed by atoms with Crippen molar-refractivity contribution in [1.29, 1.82) is 0 Å². The van der Waals surface area contributed by atoms with Crippen molar-refractivity contribution in [1.82, 2.24) is 4.90 Å². The van der Waals surface area contributed by atoms with Crippen molar-refractivity contribution in [2.45, 2.75) is 43.0 Å². The lowest BCUT2D eigenvalue weighted by molar-refractivity contribution is 0.0602. The molecular weight excluding hydrogens is 438 g/mol. The number of nitrogens with zero attached hydrogens (tertiary/aromatic N) is 1. The third kappa shape index (κ3) is 5.52. The van der Waals surface area contributed by atoms with E-state index in [-0.39, 0.29) is 27.4 Å². The Morgan fingerprint density at radius 2 is 1.84 bits per heavy atom. The Balaban J connectivity index is 1.79. The molecule has 1 saturated heterocycles. The average molecular weight is 466 g/mol. The van der Waals surface area contributed by atoms with Gasteiger partial charge in [-0.25, -0.2) is 8.42 Å². The van der Waals surface area contributed by atoms with E-state index >= 15 is 0 Å². The van der Waals surface area contributed by atoms with E-state index < -0.39 is 9.84 Å². The number of hydrogen-bond donors (Lipinski definition) is 0. The third-order valence-electron chi connectivity index (χ3n) is 5.70. The Morgan fingerprint density at radius 3 is 2.52 bits per heavy atom. The highest BCUT2D eigenvalue weighted by atomic mass is 35.5. The van der Waals surface area contributed by atoms with Gasteiger partial charge in [-0.05, 0) is 68.0 Å². The lowest BCUT2D eigenvalue weighted by Crippen LogP contribution is -2.44. The first-order valence-electron chi connectivity index (χ1n) is 10.3. The molecule has 0 bridgehead atoms. The van der Waals surface area contributed by atoms with Gasteiger partial charge in [-0.15, -0.1) is 0 Å². The van der Waals surface area contributed by atoms with E-state index in [9.17, 15) is 13.2 Å². The molecule has 1 fully saturated rings. The molecule has 2 aromatic carbocycles. The number of ether oxygens (including phenoxy) is 2. The van der Waals surface area contributed by atoms with Gasteiger partial charge in [-0.2, -0.15) is 0 Å². The van der Waals surface area contributed by atoms with Crippen LogP contribution < -0.4 is 9.47 Å². The molecule has 1 aliphatic rings. The largest absolute Gasteiger partial charge is 0.493 e. The van der Waals surface area contributed by atoms with Crippen LogP contribution in [0.3, 0.4) is 0 Å². The van der Waals surface area contributed by atoms with Crippen LogP contribution in [0.5, 0.6) is 11.5 Å². The monoisotopic (exact) mass is 465 g/mol. The molecule has 2 aromatic rings. The van der Waals surface area contributed by atoms with Gasteiger partial charge < -0.3 is 14.4 Å². The SMILES string of the molecule is COc1ccc(CCC2CCCCN2C(=O)c2cc(S(C)(=O)=O)ccc2Cl)cc1OC. The first-order valence-corrected chi connectivity index (χ1v) is 12.5. The molecule has 0 saturated carbocycles. The summed E-state index contributed by atoms with van der Waals surface area (Å²) in [6, 6.07) is 10.2. The maximum Gasteiger partial charge on any atom is 0.255 e. The molecule has 0 aromatic heterocycles. The molecule has 8 heteroatoms. The Labute approximate surface area is 189 Å². The van der Waals surface area contributed by atoms with Gasteiger partial charge in [-0.1, -0.05) is 17.7 Å². The fourth-order valence-corrected chi connectivity index (χ4v) is 4.84. The average Bonchev–Trinajstić information content (AvgIpc) is 2.76. The Kier molecular flexibility index (Phi) is 7.49. The van der Waals surface area contributed by atoms with Crippen LogP contribution in [0.2, 0.25) is 5.02 Å². The number of aryl methyl sites for hydroxylation is 1. The number of piperidine rings is 1. The summed E-state index contributed by atoms with van der Waals surface area (Å²) >= 11 is 6.27. The van der Waals surface area contributed by atoms with E-state index in [2.05, 4.69) is 0 Å². The summed E-state index contributed by atoms with van der Waals surface area (Å²) in [7, 11) is -0.217. The lowest BCUT2D eigenvalue weighted by atomic mass is 9.95. The quantitative estimate of drug-likeness (QED) is 0.606. The van der Waals surface area contributed by atoms with E-state index in [0.29, 0.717) is 18.0 Å². The van der Waals surface area contributed by atoms with Crippen LogP contribution in [0.15, 0.2) is 41.3 Å². The fourth-order valence-electron chi connectivity index (χ4n) is 3.99. The van der Waals surface area contributed by atoms with Crippen molar-refractivity contribution < 1.29 is 22.7 Å². The number of sulfone groups is 1. The topological polar surface area (TPSA) is 72.9 Å². The smallest absolute Gasteiger partial charge is 0.255 e. The molecule has 31 heavy (non-hydrogen) atoms. The number of amides is 1. The van der Waals surface area contributed by atoms with Gasteiger partial charge in [0.25, 0.3) is 5.91 Å².